The minimum Gasteiger partial charge on any atom is -0.480 e. The van der Waals surface area contributed by atoms with E-state index in [1.165, 1.54) is 24.3 Å². The predicted octanol–water partition coefficient (Wildman–Crippen LogP) is 0.595. The summed E-state index contributed by atoms with van der Waals surface area (Å²) in [5, 5.41) is 12.6. The molecule has 0 spiro atoms. The van der Waals surface area contributed by atoms with Crippen molar-refractivity contribution in [2.24, 2.45) is 0 Å². The summed E-state index contributed by atoms with van der Waals surface area (Å²) >= 11 is 0. The third kappa shape index (κ3) is 5.34. The van der Waals surface area contributed by atoms with Crippen LogP contribution in [0.15, 0.2) is 59.5 Å². The molecule has 1 unspecified atom stereocenters. The first-order chi connectivity index (χ1) is 15.0. The number of amides is 1. The number of carboxylic acid groups (broad SMARTS) is 1. The number of nitrogens with zero attached hydrogens (tertiary/aromatic N) is 1. The van der Waals surface area contributed by atoms with Gasteiger partial charge in [0.25, 0.3) is 15.9 Å². The summed E-state index contributed by atoms with van der Waals surface area (Å²) in [6.45, 7) is 1.72. The van der Waals surface area contributed by atoms with Crippen molar-refractivity contribution in [2.75, 3.05) is 18.1 Å². The van der Waals surface area contributed by atoms with Crippen molar-refractivity contribution in [1.82, 2.24) is 9.62 Å². The highest BCUT2D eigenvalue weighted by Gasteiger charge is 2.44. The number of benzene rings is 2. The lowest BCUT2D eigenvalue weighted by molar-refractivity contribution is -0.146. The zero-order valence-corrected chi connectivity index (χ0v) is 19.0. The molecule has 1 aliphatic rings. The molecule has 1 saturated heterocycles. The van der Waals surface area contributed by atoms with Gasteiger partial charge >= 0.3 is 5.97 Å². The summed E-state index contributed by atoms with van der Waals surface area (Å²) in [5.74, 6) is -3.43. The molecular formula is C21H24N2O7S2. The second kappa shape index (κ2) is 9.39. The topological polar surface area (TPSA) is 138 Å². The van der Waals surface area contributed by atoms with Crippen LogP contribution >= 0.6 is 0 Å². The molecule has 0 bridgehead atoms. The van der Waals surface area contributed by atoms with Gasteiger partial charge in [-0.25, -0.2) is 25.9 Å². The molecule has 2 N–H and O–H groups in total. The summed E-state index contributed by atoms with van der Waals surface area (Å²) in [5.41, 5.74) is 1.29. The Bertz CT molecular complexity index is 1190. The van der Waals surface area contributed by atoms with Crippen LogP contribution in [0.3, 0.4) is 0 Å². The number of carboxylic acids is 1. The summed E-state index contributed by atoms with van der Waals surface area (Å²) in [6.07, 6.45) is -0.271. The molecule has 2 aromatic rings. The summed E-state index contributed by atoms with van der Waals surface area (Å²) in [6, 6.07) is 10.8. The van der Waals surface area contributed by atoms with Gasteiger partial charge < -0.3 is 10.4 Å². The van der Waals surface area contributed by atoms with Crippen LogP contribution in [-0.2, 0) is 35.9 Å². The highest BCUT2D eigenvalue weighted by molar-refractivity contribution is 7.91. The first-order valence-electron chi connectivity index (χ1n) is 9.87. The number of carbonyl (C=O) groups excluding carboxylic acids is 1. The molecule has 1 heterocycles. The van der Waals surface area contributed by atoms with E-state index in [0.717, 1.165) is 5.56 Å². The maximum absolute atomic E-state index is 13.5. The molecule has 0 saturated carbocycles. The Morgan fingerprint density at radius 3 is 2.31 bits per heavy atom. The normalized spacial score (nSPS) is 19.1. The number of aliphatic carboxylic acids is 1. The quantitative estimate of drug-likeness (QED) is 0.587. The Labute approximate surface area is 187 Å². The molecule has 1 amide bonds. The van der Waals surface area contributed by atoms with E-state index in [1.54, 1.807) is 37.3 Å². The van der Waals surface area contributed by atoms with Crippen molar-refractivity contribution in [3.05, 3.63) is 65.7 Å². The van der Waals surface area contributed by atoms with Gasteiger partial charge in [-0.2, -0.15) is 0 Å². The number of sulfonamides is 1. The Kier molecular flexibility index (Phi) is 7.01. The van der Waals surface area contributed by atoms with Crippen LogP contribution in [0.5, 0.6) is 0 Å². The molecule has 11 heteroatoms. The number of nitrogens with one attached hydrogen (secondary N) is 1. The second-order valence-corrected chi connectivity index (χ2v) is 11.7. The average Bonchev–Trinajstić information content (AvgIpc) is 2.73. The lowest BCUT2D eigenvalue weighted by Crippen LogP contribution is -2.59. The van der Waals surface area contributed by atoms with Crippen molar-refractivity contribution < 1.29 is 31.5 Å². The highest BCUT2D eigenvalue weighted by atomic mass is 32.2. The molecule has 0 aromatic heterocycles. The van der Waals surface area contributed by atoms with E-state index in [9.17, 15) is 31.5 Å². The number of aryl methyl sites for hydroxylation is 1. The fourth-order valence-corrected chi connectivity index (χ4v) is 6.40. The average molecular weight is 481 g/mol. The van der Waals surface area contributed by atoms with Crippen molar-refractivity contribution in [3.8, 4) is 0 Å². The first-order valence-corrected chi connectivity index (χ1v) is 13.1. The van der Waals surface area contributed by atoms with Crippen LogP contribution in [0.2, 0.25) is 0 Å². The molecule has 3 rings (SSSR count). The molecule has 2 aromatic carbocycles. The number of carbonyl (C=O) groups is 2. The Hall–Kier alpha value is -2.76. The van der Waals surface area contributed by atoms with Crippen LogP contribution in [0.4, 0.5) is 0 Å². The first kappa shape index (κ1) is 23.9. The Morgan fingerprint density at radius 2 is 1.75 bits per heavy atom. The monoisotopic (exact) mass is 480 g/mol. The van der Waals surface area contributed by atoms with Crippen molar-refractivity contribution in [3.63, 3.8) is 0 Å². The summed E-state index contributed by atoms with van der Waals surface area (Å²) in [4.78, 5) is 25.3. The molecule has 172 valence electrons. The molecule has 0 radical (unpaired) electrons. The van der Waals surface area contributed by atoms with Crippen LogP contribution in [-0.4, -0.2) is 68.3 Å². The van der Waals surface area contributed by atoms with Gasteiger partial charge in [-0.15, -0.1) is 0 Å². The maximum Gasteiger partial charge on any atom is 0.328 e. The molecule has 1 fully saturated rings. The van der Waals surface area contributed by atoms with Gasteiger partial charge in [-0.1, -0.05) is 48.0 Å². The summed E-state index contributed by atoms with van der Waals surface area (Å²) in [7, 11) is -8.18. The van der Waals surface area contributed by atoms with Gasteiger partial charge in [0.05, 0.1) is 16.4 Å². The van der Waals surface area contributed by atoms with E-state index in [4.69, 9.17) is 0 Å². The minimum atomic E-state index is -4.60. The maximum atomic E-state index is 13.5. The Balaban J connectivity index is 2.09. The van der Waals surface area contributed by atoms with E-state index >= 15 is 0 Å². The highest BCUT2D eigenvalue weighted by Crippen LogP contribution is 2.23. The predicted molar refractivity (Wildman–Crippen MR) is 117 cm³/mol. The van der Waals surface area contributed by atoms with Crippen LogP contribution in [0.25, 0.3) is 0 Å². The van der Waals surface area contributed by atoms with Gasteiger partial charge in [0.15, 0.2) is 9.84 Å². The second-order valence-electron chi connectivity index (χ2n) is 7.62. The van der Waals surface area contributed by atoms with Crippen LogP contribution in [0.1, 0.15) is 11.1 Å². The number of rotatable bonds is 7. The fraction of sp³-hybridized carbons (Fsp3) is 0.333. The SMILES string of the molecule is Cc1ccc(S(=O)(=O)N(C(=O)C2CS(=O)(=O)CCN2)[C@@H](Cc2ccccc2)C(=O)O)cc1. The fourth-order valence-electron chi connectivity index (χ4n) is 3.47. The molecule has 32 heavy (non-hydrogen) atoms. The molecule has 2 atom stereocenters. The smallest absolute Gasteiger partial charge is 0.328 e. The van der Waals surface area contributed by atoms with Crippen molar-refractivity contribution in [2.45, 2.75) is 30.3 Å². The summed E-state index contributed by atoms with van der Waals surface area (Å²) < 4.78 is 51.4. The molecule has 9 nitrogen and oxygen atoms in total. The van der Waals surface area contributed by atoms with Crippen LogP contribution in [0, 0.1) is 6.92 Å². The number of hydrogen-bond acceptors (Lipinski definition) is 7. The van der Waals surface area contributed by atoms with Crippen molar-refractivity contribution >= 4 is 31.7 Å². The minimum absolute atomic E-state index is 0.0341. The van der Waals surface area contributed by atoms with E-state index in [0.29, 0.717) is 9.87 Å². The standard InChI is InChI=1S/C21H24N2O7S2/c1-15-7-9-17(10-8-15)32(29,30)23(20(24)18-14-31(27,28)12-11-22-18)19(21(25)26)13-16-5-3-2-4-6-16/h2-10,18-19,22H,11-14H2,1H3,(H,25,26)/t18?,19-/m0/s1. The van der Waals surface area contributed by atoms with E-state index in [-0.39, 0.29) is 23.6 Å². The van der Waals surface area contributed by atoms with Gasteiger partial charge in [-0.3, -0.25) is 4.79 Å². The van der Waals surface area contributed by atoms with E-state index in [2.05, 4.69) is 5.32 Å². The van der Waals surface area contributed by atoms with E-state index in [1.807, 2.05) is 0 Å². The molecule has 0 aliphatic carbocycles. The van der Waals surface area contributed by atoms with Gasteiger partial charge in [-0.05, 0) is 24.6 Å². The zero-order chi connectivity index (χ0) is 23.5. The van der Waals surface area contributed by atoms with Crippen molar-refractivity contribution in [1.29, 1.82) is 0 Å². The van der Waals surface area contributed by atoms with Gasteiger partial charge in [0.1, 0.15) is 12.1 Å². The number of hydrogen-bond donors (Lipinski definition) is 2. The van der Waals surface area contributed by atoms with E-state index < -0.39 is 49.6 Å². The Morgan fingerprint density at radius 1 is 1.12 bits per heavy atom. The third-order valence-corrected chi connectivity index (χ3v) is 8.65. The lowest BCUT2D eigenvalue weighted by atomic mass is 10.1. The molecular weight excluding hydrogens is 456 g/mol. The van der Waals surface area contributed by atoms with Crippen LogP contribution < -0.4 is 5.32 Å². The largest absolute Gasteiger partial charge is 0.480 e. The third-order valence-electron chi connectivity index (χ3n) is 5.16. The van der Waals surface area contributed by atoms with Gasteiger partial charge in [0, 0.05) is 13.0 Å². The lowest BCUT2D eigenvalue weighted by Gasteiger charge is -2.33. The van der Waals surface area contributed by atoms with Gasteiger partial charge in [0.2, 0.25) is 0 Å². The number of sulfone groups is 1. The molecule has 1 aliphatic heterocycles. The zero-order valence-electron chi connectivity index (χ0n) is 17.3.